The molecule has 0 aliphatic heterocycles. The zero-order valence-corrected chi connectivity index (χ0v) is 8.12. The highest BCUT2D eigenvalue weighted by atomic mass is 19.4. The van der Waals surface area contributed by atoms with Crippen molar-refractivity contribution >= 4 is 0 Å². The van der Waals surface area contributed by atoms with Gasteiger partial charge < -0.3 is 4.74 Å². The highest BCUT2D eigenvalue weighted by Crippen LogP contribution is 2.47. The maximum absolute atomic E-state index is 12.7. The van der Waals surface area contributed by atoms with Crippen LogP contribution in [0.5, 0.6) is 0 Å². The number of alkyl halides is 7. The van der Waals surface area contributed by atoms with E-state index in [1.165, 1.54) is 0 Å². The van der Waals surface area contributed by atoms with Crippen LogP contribution in [0.25, 0.3) is 0 Å². The number of rotatable bonds is 4. The van der Waals surface area contributed by atoms with Gasteiger partial charge in [0.05, 0.1) is 6.26 Å². The van der Waals surface area contributed by atoms with E-state index >= 15 is 0 Å². The molecule has 1 nitrogen and oxygen atoms in total. The van der Waals surface area contributed by atoms with Gasteiger partial charge in [0.15, 0.2) is 0 Å². The van der Waals surface area contributed by atoms with Gasteiger partial charge >= 0.3 is 18.2 Å². The van der Waals surface area contributed by atoms with Gasteiger partial charge in [0.2, 0.25) is 0 Å². The van der Waals surface area contributed by atoms with Crippen LogP contribution in [0.2, 0.25) is 0 Å². The van der Waals surface area contributed by atoms with Gasteiger partial charge in [-0.3, -0.25) is 0 Å². The number of unbranched alkanes of at least 4 members (excludes halogenated alkanes) is 1. The summed E-state index contributed by atoms with van der Waals surface area (Å²) in [5.41, 5.74) is 0. The first-order valence-electron chi connectivity index (χ1n) is 4.21. The number of allylic oxidation sites excluding steroid dienone is 1. The smallest absolute Gasteiger partial charge is 0.452 e. The van der Waals surface area contributed by atoms with Crippen LogP contribution >= 0.6 is 0 Å². The fourth-order valence-electron chi connectivity index (χ4n) is 0.671. The molecule has 0 saturated carbocycles. The third-order valence-corrected chi connectivity index (χ3v) is 1.51. The molecule has 0 spiro atoms. The molecular formula is C8H9F7O. The minimum absolute atomic E-state index is 0.0739. The first kappa shape index (κ1) is 15.0. The molecule has 0 saturated heterocycles. The van der Waals surface area contributed by atoms with Crippen LogP contribution in [-0.4, -0.2) is 18.2 Å². The summed E-state index contributed by atoms with van der Waals surface area (Å²) in [5.74, 6) is -5.66. The van der Waals surface area contributed by atoms with Gasteiger partial charge in [-0.2, -0.15) is 30.7 Å². The topological polar surface area (TPSA) is 9.23 Å². The average molecular weight is 254 g/mol. The lowest BCUT2D eigenvalue weighted by Crippen LogP contribution is -2.54. The van der Waals surface area contributed by atoms with Crippen molar-refractivity contribution in [2.45, 2.75) is 38.0 Å². The van der Waals surface area contributed by atoms with Crippen molar-refractivity contribution in [1.29, 1.82) is 0 Å². The summed E-state index contributed by atoms with van der Waals surface area (Å²) in [4.78, 5) is 0. The van der Waals surface area contributed by atoms with Crippen molar-refractivity contribution in [3.63, 3.8) is 0 Å². The molecule has 0 aromatic carbocycles. The molecule has 16 heavy (non-hydrogen) atoms. The summed E-state index contributed by atoms with van der Waals surface area (Å²) in [6.45, 7) is 1.64. The van der Waals surface area contributed by atoms with Gasteiger partial charge in [-0.05, 0) is 12.5 Å². The lowest BCUT2D eigenvalue weighted by molar-refractivity contribution is -0.417. The molecule has 0 aliphatic rings. The third kappa shape index (κ3) is 3.28. The molecule has 0 aromatic rings. The van der Waals surface area contributed by atoms with Gasteiger partial charge in [0.1, 0.15) is 0 Å². The van der Waals surface area contributed by atoms with Crippen LogP contribution in [0.1, 0.15) is 19.8 Å². The van der Waals surface area contributed by atoms with Crippen LogP contribution in [0.3, 0.4) is 0 Å². The number of hydrogen-bond acceptors (Lipinski definition) is 1. The summed E-state index contributed by atoms with van der Waals surface area (Å²) in [7, 11) is 0. The number of halogens is 7. The molecule has 0 bridgehead atoms. The van der Waals surface area contributed by atoms with Crippen LogP contribution in [0, 0.1) is 0 Å². The Morgan fingerprint density at radius 1 is 0.938 bits per heavy atom. The summed E-state index contributed by atoms with van der Waals surface area (Å²) in [6, 6.07) is 0. The zero-order chi connectivity index (χ0) is 13.0. The predicted octanol–water partition coefficient (Wildman–Crippen LogP) is 4.11. The highest BCUT2D eigenvalue weighted by molar-refractivity contribution is 4.89. The lowest BCUT2D eigenvalue weighted by Gasteiger charge is -2.28. The Hall–Kier alpha value is -0.950. The summed E-state index contributed by atoms with van der Waals surface area (Å²) in [5, 5.41) is 0. The van der Waals surface area contributed by atoms with Gasteiger partial charge in [-0.25, -0.2) is 0 Å². The summed E-state index contributed by atoms with van der Waals surface area (Å²) >= 11 is 0. The molecule has 8 heteroatoms. The van der Waals surface area contributed by atoms with Crippen molar-refractivity contribution < 1.29 is 35.5 Å². The van der Waals surface area contributed by atoms with Crippen molar-refractivity contribution in [2.75, 3.05) is 0 Å². The van der Waals surface area contributed by atoms with Crippen molar-refractivity contribution in [2.24, 2.45) is 0 Å². The Labute approximate surface area is 86.9 Å². The molecule has 0 heterocycles. The molecule has 0 amide bonds. The fourth-order valence-corrected chi connectivity index (χ4v) is 0.671. The fraction of sp³-hybridized carbons (Fsp3) is 0.750. The van der Waals surface area contributed by atoms with Gasteiger partial charge in [0.25, 0.3) is 0 Å². The second-order valence-corrected chi connectivity index (χ2v) is 2.87. The van der Waals surface area contributed by atoms with Crippen LogP contribution in [-0.2, 0) is 4.74 Å². The van der Waals surface area contributed by atoms with E-state index in [4.69, 9.17) is 0 Å². The Morgan fingerprint density at radius 2 is 1.38 bits per heavy atom. The summed E-state index contributed by atoms with van der Waals surface area (Å²) in [6.07, 6.45) is -10.7. The lowest BCUT2D eigenvalue weighted by atomic mass is 10.3. The minimum Gasteiger partial charge on any atom is -0.452 e. The van der Waals surface area contributed by atoms with Crippen LogP contribution < -0.4 is 0 Å². The monoisotopic (exact) mass is 254 g/mol. The van der Waals surface area contributed by atoms with E-state index in [2.05, 4.69) is 4.74 Å². The maximum atomic E-state index is 12.7. The molecule has 0 N–H and O–H groups in total. The summed E-state index contributed by atoms with van der Waals surface area (Å²) < 4.78 is 87.0. The normalized spacial score (nSPS) is 14.5. The third-order valence-electron chi connectivity index (χ3n) is 1.51. The zero-order valence-electron chi connectivity index (χ0n) is 8.12. The second-order valence-electron chi connectivity index (χ2n) is 2.87. The Kier molecular flexibility index (Phi) is 4.63. The molecule has 0 fully saturated rings. The van der Waals surface area contributed by atoms with E-state index in [9.17, 15) is 30.7 Å². The van der Waals surface area contributed by atoms with Gasteiger partial charge in [-0.1, -0.05) is 13.3 Å². The standard InChI is InChI=1S/C8H9F7O/c1-2-3-4-5-16-6(9,7(10,11)12)8(13,14)15/h4-5H,2-3H2,1H3. The quantitative estimate of drug-likeness (QED) is 0.542. The van der Waals surface area contributed by atoms with Gasteiger partial charge in [0, 0.05) is 0 Å². The maximum Gasteiger partial charge on any atom is 0.470 e. The van der Waals surface area contributed by atoms with Crippen molar-refractivity contribution in [1.82, 2.24) is 0 Å². The van der Waals surface area contributed by atoms with E-state index in [1.807, 2.05) is 0 Å². The molecule has 96 valence electrons. The highest BCUT2D eigenvalue weighted by Gasteiger charge is 2.75. The predicted molar refractivity (Wildman–Crippen MR) is 41.1 cm³/mol. The van der Waals surface area contributed by atoms with E-state index < -0.39 is 18.2 Å². The van der Waals surface area contributed by atoms with Gasteiger partial charge in [-0.15, -0.1) is 0 Å². The van der Waals surface area contributed by atoms with E-state index in [-0.39, 0.29) is 12.7 Å². The number of hydrogen-bond donors (Lipinski definition) is 0. The first-order chi connectivity index (χ1) is 7.06. The molecule has 0 unspecified atom stereocenters. The Morgan fingerprint density at radius 3 is 1.69 bits per heavy atom. The molecular weight excluding hydrogens is 245 g/mol. The SMILES string of the molecule is CCCC=COC(F)(C(F)(F)F)C(F)(F)F. The number of ether oxygens (including phenoxy) is 1. The van der Waals surface area contributed by atoms with E-state index in [0.717, 1.165) is 6.08 Å². The molecule has 0 rings (SSSR count). The van der Waals surface area contributed by atoms with Crippen LogP contribution in [0.4, 0.5) is 30.7 Å². The Balaban J connectivity index is 4.85. The molecule has 0 radical (unpaired) electrons. The second kappa shape index (κ2) is 4.92. The largest absolute Gasteiger partial charge is 0.470 e. The van der Waals surface area contributed by atoms with Crippen molar-refractivity contribution in [3.8, 4) is 0 Å². The van der Waals surface area contributed by atoms with Crippen LogP contribution in [0.15, 0.2) is 12.3 Å². The van der Waals surface area contributed by atoms with E-state index in [0.29, 0.717) is 6.42 Å². The average Bonchev–Trinajstić information content (AvgIpc) is 2.08. The minimum atomic E-state index is -6.18. The molecule has 0 aromatic heterocycles. The first-order valence-corrected chi connectivity index (χ1v) is 4.21. The van der Waals surface area contributed by atoms with Crippen molar-refractivity contribution in [3.05, 3.63) is 12.3 Å². The van der Waals surface area contributed by atoms with E-state index in [1.54, 1.807) is 6.92 Å². The molecule has 0 aliphatic carbocycles. The Bertz CT molecular complexity index is 226. The molecule has 0 atom stereocenters.